The number of hydrogen-bond acceptors (Lipinski definition) is 5. The van der Waals surface area contributed by atoms with Crippen molar-refractivity contribution in [2.75, 3.05) is 12.8 Å². The third-order valence-corrected chi connectivity index (χ3v) is 4.91. The number of aryl methyl sites for hydroxylation is 2. The molecule has 4 nitrogen and oxygen atoms in total. The number of thiophene rings is 1. The summed E-state index contributed by atoms with van der Waals surface area (Å²) >= 11 is 1.77. The molecule has 102 valence electrons. The zero-order valence-electron chi connectivity index (χ0n) is 11.6. The maximum absolute atomic E-state index is 6.17. The first-order chi connectivity index (χ1) is 9.11. The molecule has 2 N–H and O–H groups in total. The van der Waals surface area contributed by atoms with E-state index in [4.69, 9.17) is 15.5 Å². The fourth-order valence-electron chi connectivity index (χ4n) is 2.84. The molecule has 5 heteroatoms. The number of hydrogen-bond donors (Lipinski definition) is 1. The van der Waals surface area contributed by atoms with E-state index in [9.17, 15) is 0 Å². The minimum atomic E-state index is -0.0939. The number of nitrogens with zero attached hydrogens (tertiary/aromatic N) is 2. The Morgan fingerprint density at radius 2 is 2.05 bits per heavy atom. The first kappa shape index (κ1) is 12.8. The molecule has 1 unspecified atom stereocenters. The van der Waals surface area contributed by atoms with Crippen LogP contribution in [0.3, 0.4) is 0 Å². The van der Waals surface area contributed by atoms with Crippen LogP contribution in [0.1, 0.15) is 42.6 Å². The van der Waals surface area contributed by atoms with E-state index in [1.165, 1.54) is 16.9 Å². The molecule has 1 aliphatic carbocycles. The van der Waals surface area contributed by atoms with Crippen LogP contribution in [-0.2, 0) is 17.6 Å². The van der Waals surface area contributed by atoms with Gasteiger partial charge < -0.3 is 10.5 Å². The minimum Gasteiger partial charge on any atom is -0.383 e. The summed E-state index contributed by atoms with van der Waals surface area (Å²) in [5.74, 6) is 1.65. The maximum Gasteiger partial charge on any atom is 0.161 e. The van der Waals surface area contributed by atoms with Gasteiger partial charge in [0.2, 0.25) is 0 Å². The largest absolute Gasteiger partial charge is 0.383 e. The van der Waals surface area contributed by atoms with Crippen LogP contribution in [0, 0.1) is 5.92 Å². The van der Waals surface area contributed by atoms with Gasteiger partial charge in [-0.1, -0.05) is 13.8 Å². The smallest absolute Gasteiger partial charge is 0.161 e. The average molecular weight is 277 g/mol. The SMILES string of the molecule is COC(c1nc(N)c2c3c(sc2n1)CCC3)C(C)C. The van der Waals surface area contributed by atoms with E-state index in [1.54, 1.807) is 18.4 Å². The molecule has 1 atom stereocenters. The van der Waals surface area contributed by atoms with Crippen LogP contribution in [0.15, 0.2) is 0 Å². The zero-order valence-corrected chi connectivity index (χ0v) is 12.4. The second-order valence-corrected chi connectivity index (χ2v) is 6.49. The summed E-state index contributed by atoms with van der Waals surface area (Å²) in [7, 11) is 1.70. The number of nitrogen functional groups attached to an aromatic ring is 1. The highest BCUT2D eigenvalue weighted by atomic mass is 32.1. The number of anilines is 1. The predicted molar refractivity (Wildman–Crippen MR) is 78.4 cm³/mol. The van der Waals surface area contributed by atoms with E-state index in [1.807, 2.05) is 0 Å². The lowest BCUT2D eigenvalue weighted by atomic mass is 10.1. The molecule has 0 bridgehead atoms. The van der Waals surface area contributed by atoms with Gasteiger partial charge in [0.05, 0.1) is 5.39 Å². The molecular formula is C14H19N3OS. The van der Waals surface area contributed by atoms with Crippen molar-refractivity contribution >= 4 is 27.4 Å². The maximum atomic E-state index is 6.17. The van der Waals surface area contributed by atoms with Crippen molar-refractivity contribution in [3.8, 4) is 0 Å². The highest BCUT2D eigenvalue weighted by Gasteiger charge is 2.24. The summed E-state index contributed by atoms with van der Waals surface area (Å²) in [5, 5.41) is 1.08. The van der Waals surface area contributed by atoms with E-state index in [-0.39, 0.29) is 6.10 Å². The van der Waals surface area contributed by atoms with Crippen LogP contribution < -0.4 is 5.73 Å². The Bertz CT molecular complexity index is 621. The molecule has 0 fully saturated rings. The Morgan fingerprint density at radius 1 is 1.26 bits per heavy atom. The Labute approximate surface area is 117 Å². The highest BCUT2D eigenvalue weighted by Crippen LogP contribution is 2.39. The summed E-state index contributed by atoms with van der Waals surface area (Å²) in [6, 6.07) is 0. The van der Waals surface area contributed by atoms with Gasteiger partial charge in [-0.05, 0) is 30.7 Å². The lowest BCUT2D eigenvalue weighted by Gasteiger charge is -2.18. The Morgan fingerprint density at radius 3 is 2.74 bits per heavy atom. The third kappa shape index (κ3) is 2.01. The predicted octanol–water partition coefficient (Wildman–Crippen LogP) is 3.11. The third-order valence-electron chi connectivity index (χ3n) is 3.72. The van der Waals surface area contributed by atoms with Crippen molar-refractivity contribution in [1.29, 1.82) is 0 Å². The van der Waals surface area contributed by atoms with Gasteiger partial charge in [0, 0.05) is 12.0 Å². The van der Waals surface area contributed by atoms with Gasteiger partial charge >= 0.3 is 0 Å². The first-order valence-electron chi connectivity index (χ1n) is 6.72. The minimum absolute atomic E-state index is 0.0939. The van der Waals surface area contributed by atoms with Gasteiger partial charge in [0.1, 0.15) is 16.8 Å². The van der Waals surface area contributed by atoms with Crippen LogP contribution in [0.25, 0.3) is 10.2 Å². The normalized spacial score (nSPS) is 16.2. The van der Waals surface area contributed by atoms with E-state index >= 15 is 0 Å². The van der Waals surface area contributed by atoms with E-state index in [2.05, 4.69) is 18.8 Å². The van der Waals surface area contributed by atoms with Gasteiger partial charge in [-0.2, -0.15) is 0 Å². The van der Waals surface area contributed by atoms with Gasteiger partial charge in [-0.3, -0.25) is 0 Å². The molecule has 0 radical (unpaired) electrons. The molecule has 0 amide bonds. The second-order valence-electron chi connectivity index (χ2n) is 5.40. The summed E-state index contributed by atoms with van der Waals surface area (Å²) < 4.78 is 5.50. The monoisotopic (exact) mass is 277 g/mol. The number of methoxy groups -OCH3 is 1. The molecule has 3 rings (SSSR count). The molecule has 0 spiro atoms. The van der Waals surface area contributed by atoms with Crippen LogP contribution in [0.5, 0.6) is 0 Å². The van der Waals surface area contributed by atoms with E-state index in [0.717, 1.165) is 23.1 Å². The second kappa shape index (κ2) is 4.72. The number of nitrogens with two attached hydrogens (primary N) is 1. The molecule has 0 aromatic carbocycles. The van der Waals surface area contributed by atoms with Crippen LogP contribution in [0.2, 0.25) is 0 Å². The summed E-state index contributed by atoms with van der Waals surface area (Å²) in [5.41, 5.74) is 7.54. The van der Waals surface area contributed by atoms with Crippen LogP contribution in [0.4, 0.5) is 5.82 Å². The zero-order chi connectivity index (χ0) is 13.6. The molecule has 2 aromatic heterocycles. The highest BCUT2D eigenvalue weighted by molar-refractivity contribution is 7.19. The lowest BCUT2D eigenvalue weighted by Crippen LogP contribution is -2.13. The number of fused-ring (bicyclic) bond motifs is 3. The number of ether oxygens (including phenoxy) is 1. The number of aromatic nitrogens is 2. The fraction of sp³-hybridized carbons (Fsp3) is 0.571. The van der Waals surface area contributed by atoms with Crippen molar-refractivity contribution in [2.45, 2.75) is 39.2 Å². The van der Waals surface area contributed by atoms with Crippen molar-refractivity contribution in [3.63, 3.8) is 0 Å². The van der Waals surface area contributed by atoms with Crippen molar-refractivity contribution in [3.05, 3.63) is 16.3 Å². The van der Waals surface area contributed by atoms with Crippen LogP contribution >= 0.6 is 11.3 Å². The molecular weight excluding hydrogens is 258 g/mol. The van der Waals surface area contributed by atoms with E-state index in [0.29, 0.717) is 17.6 Å². The molecule has 2 aromatic rings. The average Bonchev–Trinajstić information content (AvgIpc) is 2.88. The molecule has 2 heterocycles. The molecule has 0 saturated carbocycles. The van der Waals surface area contributed by atoms with Gasteiger partial charge in [0.15, 0.2) is 5.82 Å². The lowest BCUT2D eigenvalue weighted by molar-refractivity contribution is 0.0579. The summed E-state index contributed by atoms with van der Waals surface area (Å²) in [6.07, 6.45) is 3.40. The van der Waals surface area contributed by atoms with Crippen molar-refractivity contribution in [1.82, 2.24) is 9.97 Å². The van der Waals surface area contributed by atoms with Gasteiger partial charge in [-0.15, -0.1) is 11.3 Å². The first-order valence-corrected chi connectivity index (χ1v) is 7.54. The topological polar surface area (TPSA) is 61.0 Å². The Kier molecular flexibility index (Phi) is 3.19. The quantitative estimate of drug-likeness (QED) is 0.936. The molecule has 0 aliphatic heterocycles. The molecule has 1 aliphatic rings. The van der Waals surface area contributed by atoms with Crippen LogP contribution in [-0.4, -0.2) is 17.1 Å². The number of rotatable bonds is 3. The van der Waals surface area contributed by atoms with Crippen molar-refractivity contribution in [2.24, 2.45) is 5.92 Å². The standard InChI is InChI=1S/C14H19N3OS/c1-7(2)11(18-3)13-16-12(15)10-8-5-4-6-9(8)19-14(10)17-13/h7,11H,4-6H2,1-3H3,(H2,15,16,17). The van der Waals surface area contributed by atoms with Gasteiger partial charge in [0.25, 0.3) is 0 Å². The van der Waals surface area contributed by atoms with Gasteiger partial charge in [-0.25, -0.2) is 9.97 Å². The molecule has 0 saturated heterocycles. The summed E-state index contributed by atoms with van der Waals surface area (Å²) in [4.78, 5) is 11.6. The Balaban J connectivity index is 2.15. The summed E-state index contributed by atoms with van der Waals surface area (Å²) in [6.45, 7) is 4.21. The Hall–Kier alpha value is -1.20. The van der Waals surface area contributed by atoms with Crippen molar-refractivity contribution < 1.29 is 4.74 Å². The fourth-order valence-corrected chi connectivity index (χ4v) is 4.12. The molecule has 19 heavy (non-hydrogen) atoms. The van der Waals surface area contributed by atoms with E-state index < -0.39 is 0 Å².